The van der Waals surface area contributed by atoms with Gasteiger partial charge in [0.25, 0.3) is 0 Å². The molecule has 3 N–H and O–H groups in total. The van der Waals surface area contributed by atoms with Crippen molar-refractivity contribution in [3.8, 4) is 0 Å². The largest absolute Gasteiger partial charge is 0.369 e. The Balaban J connectivity index is 2.48. The van der Waals surface area contributed by atoms with Crippen LogP contribution >= 0.6 is 0 Å². The molecule has 0 aromatic rings. The van der Waals surface area contributed by atoms with E-state index in [1.165, 1.54) is 0 Å². The van der Waals surface area contributed by atoms with Crippen molar-refractivity contribution in [1.82, 2.24) is 5.32 Å². The van der Waals surface area contributed by atoms with E-state index in [-0.39, 0.29) is 18.2 Å². The zero-order valence-electron chi connectivity index (χ0n) is 4.89. The Kier molecular flexibility index (Phi) is 1.38. The second kappa shape index (κ2) is 2.05. The fourth-order valence-electron chi connectivity index (χ4n) is 0.806. The highest BCUT2D eigenvalue weighted by Gasteiger charge is 2.25. The molecule has 0 aromatic heterocycles. The Morgan fingerprint density at radius 2 is 2.44 bits per heavy atom. The fourth-order valence-corrected chi connectivity index (χ4v) is 0.806. The number of primary amides is 1. The van der Waals surface area contributed by atoms with Gasteiger partial charge >= 0.3 is 0 Å². The molecule has 1 fully saturated rings. The van der Waals surface area contributed by atoms with Crippen molar-refractivity contribution in [2.45, 2.75) is 6.42 Å². The minimum absolute atomic E-state index is 0.0844. The fraction of sp³-hybridized carbons (Fsp3) is 0.600. The number of amides is 2. The highest BCUT2D eigenvalue weighted by Crippen LogP contribution is 2.06. The van der Waals surface area contributed by atoms with E-state index in [2.05, 4.69) is 5.32 Å². The normalized spacial score (nSPS) is 25.8. The smallest absolute Gasteiger partial charge is 0.222 e. The second-order valence-electron chi connectivity index (χ2n) is 2.11. The average Bonchev–Trinajstić information content (AvgIpc) is 2.14. The molecule has 0 saturated carbocycles. The van der Waals surface area contributed by atoms with Gasteiger partial charge in [-0.25, -0.2) is 0 Å². The number of carbonyl (C=O) groups is 2. The third-order valence-electron chi connectivity index (χ3n) is 1.38. The number of hydrogen-bond donors (Lipinski definition) is 2. The maximum Gasteiger partial charge on any atom is 0.222 e. The molecular weight excluding hydrogens is 120 g/mol. The standard InChI is InChI=1S/C5H8N2O2/c6-5(9)3-1-4(8)7-2-3/h3H,1-2H2,(H2,6,9)(H,7,8). The second-order valence-corrected chi connectivity index (χ2v) is 2.11. The summed E-state index contributed by atoms with van der Waals surface area (Å²) >= 11 is 0. The van der Waals surface area contributed by atoms with Gasteiger partial charge in [-0.05, 0) is 0 Å². The lowest BCUT2D eigenvalue weighted by Crippen LogP contribution is -2.24. The minimum Gasteiger partial charge on any atom is -0.369 e. The Morgan fingerprint density at radius 3 is 2.67 bits per heavy atom. The minimum atomic E-state index is -0.395. The van der Waals surface area contributed by atoms with Crippen LogP contribution in [0.4, 0.5) is 0 Å². The average molecular weight is 128 g/mol. The lowest BCUT2D eigenvalue weighted by molar-refractivity contribution is -0.124. The van der Waals surface area contributed by atoms with Gasteiger partial charge in [-0.3, -0.25) is 9.59 Å². The number of rotatable bonds is 1. The van der Waals surface area contributed by atoms with E-state index < -0.39 is 5.91 Å². The molecule has 4 heteroatoms. The van der Waals surface area contributed by atoms with Gasteiger partial charge in [0.1, 0.15) is 0 Å². The lowest BCUT2D eigenvalue weighted by Gasteiger charge is -1.96. The molecule has 1 saturated heterocycles. The molecule has 0 aromatic carbocycles. The van der Waals surface area contributed by atoms with Crippen LogP contribution in [0.1, 0.15) is 6.42 Å². The van der Waals surface area contributed by atoms with E-state index in [9.17, 15) is 9.59 Å². The Hall–Kier alpha value is -1.06. The quantitative estimate of drug-likeness (QED) is 0.456. The first-order chi connectivity index (χ1) is 4.20. The highest BCUT2D eigenvalue weighted by atomic mass is 16.2. The molecule has 0 aliphatic carbocycles. The number of nitrogens with two attached hydrogens (primary N) is 1. The van der Waals surface area contributed by atoms with Crippen molar-refractivity contribution in [3.63, 3.8) is 0 Å². The Bertz CT molecular complexity index is 155. The molecule has 9 heavy (non-hydrogen) atoms. The Morgan fingerprint density at radius 1 is 1.78 bits per heavy atom. The molecule has 1 rings (SSSR count). The summed E-state index contributed by atoms with van der Waals surface area (Å²) in [5, 5.41) is 2.51. The summed E-state index contributed by atoms with van der Waals surface area (Å²) in [6, 6.07) is 0. The highest BCUT2D eigenvalue weighted by molar-refractivity contribution is 5.88. The van der Waals surface area contributed by atoms with E-state index in [4.69, 9.17) is 5.73 Å². The lowest BCUT2D eigenvalue weighted by atomic mass is 10.1. The molecular formula is C5H8N2O2. The predicted octanol–water partition coefficient (Wildman–Crippen LogP) is -1.39. The van der Waals surface area contributed by atoms with Crippen molar-refractivity contribution < 1.29 is 9.59 Å². The van der Waals surface area contributed by atoms with Crippen LogP contribution in [-0.2, 0) is 9.59 Å². The summed E-state index contributed by atoms with van der Waals surface area (Å²) in [6.45, 7) is 0.411. The molecule has 1 aliphatic heterocycles. The summed E-state index contributed by atoms with van der Waals surface area (Å²) in [4.78, 5) is 20.8. The zero-order chi connectivity index (χ0) is 6.85. The summed E-state index contributed by atoms with van der Waals surface area (Å²) in [6.07, 6.45) is 0.259. The molecule has 1 aliphatic rings. The van der Waals surface area contributed by atoms with E-state index in [1.54, 1.807) is 0 Å². The maximum absolute atomic E-state index is 10.4. The van der Waals surface area contributed by atoms with Crippen LogP contribution < -0.4 is 11.1 Å². The van der Waals surface area contributed by atoms with Crippen molar-refractivity contribution in [2.75, 3.05) is 6.54 Å². The van der Waals surface area contributed by atoms with E-state index in [0.717, 1.165) is 0 Å². The van der Waals surface area contributed by atoms with Crippen molar-refractivity contribution >= 4 is 11.8 Å². The third kappa shape index (κ3) is 1.19. The van der Waals surface area contributed by atoms with Crippen molar-refractivity contribution in [1.29, 1.82) is 0 Å². The number of hydrogen-bond acceptors (Lipinski definition) is 2. The van der Waals surface area contributed by atoms with Gasteiger partial charge in [-0.1, -0.05) is 0 Å². The van der Waals surface area contributed by atoms with E-state index in [0.29, 0.717) is 6.54 Å². The van der Waals surface area contributed by atoms with Crippen molar-refractivity contribution in [2.24, 2.45) is 11.7 Å². The maximum atomic E-state index is 10.4. The zero-order valence-corrected chi connectivity index (χ0v) is 4.89. The number of carbonyl (C=O) groups excluding carboxylic acids is 2. The van der Waals surface area contributed by atoms with Gasteiger partial charge < -0.3 is 11.1 Å². The summed E-state index contributed by atoms with van der Waals surface area (Å²) in [7, 11) is 0. The number of nitrogens with one attached hydrogen (secondary N) is 1. The first-order valence-corrected chi connectivity index (χ1v) is 2.76. The van der Waals surface area contributed by atoms with Crippen LogP contribution in [0, 0.1) is 5.92 Å². The molecule has 2 amide bonds. The van der Waals surface area contributed by atoms with Crippen LogP contribution in [-0.4, -0.2) is 18.4 Å². The SMILES string of the molecule is NC(=O)C1CNC(=O)C1. The first-order valence-electron chi connectivity index (χ1n) is 2.76. The van der Waals surface area contributed by atoms with Crippen molar-refractivity contribution in [3.05, 3.63) is 0 Å². The van der Waals surface area contributed by atoms with Crippen LogP contribution in [0.3, 0.4) is 0 Å². The molecule has 1 unspecified atom stereocenters. The molecule has 4 nitrogen and oxygen atoms in total. The van der Waals surface area contributed by atoms with Gasteiger partial charge in [-0.15, -0.1) is 0 Å². The topological polar surface area (TPSA) is 72.2 Å². The summed E-state index contributed by atoms with van der Waals surface area (Å²) in [5.41, 5.74) is 4.93. The van der Waals surface area contributed by atoms with Crippen LogP contribution in [0.25, 0.3) is 0 Å². The summed E-state index contributed by atoms with van der Waals surface area (Å²) in [5.74, 6) is -0.760. The Labute approximate surface area is 52.4 Å². The van der Waals surface area contributed by atoms with Gasteiger partial charge in [0.05, 0.1) is 5.92 Å². The van der Waals surface area contributed by atoms with Crippen LogP contribution in [0.2, 0.25) is 0 Å². The van der Waals surface area contributed by atoms with Gasteiger partial charge in [-0.2, -0.15) is 0 Å². The summed E-state index contributed by atoms with van der Waals surface area (Å²) < 4.78 is 0. The monoisotopic (exact) mass is 128 g/mol. The van der Waals surface area contributed by atoms with Gasteiger partial charge in [0, 0.05) is 13.0 Å². The molecule has 0 bridgehead atoms. The molecule has 0 radical (unpaired) electrons. The van der Waals surface area contributed by atoms with Gasteiger partial charge in [0.2, 0.25) is 11.8 Å². The van der Waals surface area contributed by atoms with Gasteiger partial charge in [0.15, 0.2) is 0 Å². The third-order valence-corrected chi connectivity index (χ3v) is 1.38. The van der Waals surface area contributed by atoms with Crippen LogP contribution in [0.5, 0.6) is 0 Å². The van der Waals surface area contributed by atoms with Crippen LogP contribution in [0.15, 0.2) is 0 Å². The molecule has 0 spiro atoms. The predicted molar refractivity (Wildman–Crippen MR) is 30.3 cm³/mol. The first kappa shape index (κ1) is 6.07. The molecule has 1 atom stereocenters. The van der Waals surface area contributed by atoms with E-state index in [1.807, 2.05) is 0 Å². The van der Waals surface area contributed by atoms with E-state index >= 15 is 0 Å². The molecule has 1 heterocycles. The molecule has 50 valence electrons.